The Kier molecular flexibility index (Phi) is 5.64. The molecular formula is C14H22N4OS. The first kappa shape index (κ1) is 15.1. The van der Waals surface area contributed by atoms with Gasteiger partial charge in [-0.25, -0.2) is 9.97 Å². The normalized spacial score (nSPS) is 16.1. The van der Waals surface area contributed by atoms with Crippen molar-refractivity contribution < 1.29 is 4.79 Å². The van der Waals surface area contributed by atoms with E-state index in [1.54, 1.807) is 6.07 Å². The minimum absolute atomic E-state index is 0.0456. The number of nitrogens with two attached hydrogens (primary N) is 1. The zero-order valence-corrected chi connectivity index (χ0v) is 12.7. The largest absolute Gasteiger partial charge is 0.384 e. The number of anilines is 1. The summed E-state index contributed by atoms with van der Waals surface area (Å²) in [5.41, 5.74) is 6.48. The molecule has 0 bridgehead atoms. The summed E-state index contributed by atoms with van der Waals surface area (Å²) in [6.45, 7) is 2.67. The topological polar surface area (TPSA) is 80.9 Å². The van der Waals surface area contributed by atoms with E-state index in [2.05, 4.69) is 15.3 Å². The van der Waals surface area contributed by atoms with Gasteiger partial charge in [-0.05, 0) is 25.7 Å². The van der Waals surface area contributed by atoms with Gasteiger partial charge in [0.15, 0.2) is 5.16 Å². The number of hydrogen-bond donors (Lipinski definition) is 2. The minimum Gasteiger partial charge on any atom is -0.384 e. The van der Waals surface area contributed by atoms with Crippen LogP contribution >= 0.6 is 11.8 Å². The number of thioether (sulfide) groups is 1. The highest BCUT2D eigenvalue weighted by molar-refractivity contribution is 7.99. The van der Waals surface area contributed by atoms with Gasteiger partial charge in [0.25, 0.3) is 0 Å². The molecule has 0 spiro atoms. The summed E-state index contributed by atoms with van der Waals surface area (Å²) in [5.74, 6) is 1.49. The summed E-state index contributed by atoms with van der Waals surface area (Å²) in [6, 6.07) is 1.72. The predicted octanol–water partition coefficient (Wildman–Crippen LogP) is 2.16. The number of amides is 1. The third kappa shape index (κ3) is 5.00. The number of aromatic nitrogens is 2. The van der Waals surface area contributed by atoms with E-state index in [-0.39, 0.29) is 5.91 Å². The molecule has 1 heterocycles. The lowest BCUT2D eigenvalue weighted by molar-refractivity contribution is -0.118. The lowest BCUT2D eigenvalue weighted by Crippen LogP contribution is -2.31. The van der Waals surface area contributed by atoms with E-state index in [0.717, 1.165) is 12.2 Å². The summed E-state index contributed by atoms with van der Waals surface area (Å²) in [7, 11) is 0. The van der Waals surface area contributed by atoms with Gasteiger partial charge in [-0.3, -0.25) is 4.79 Å². The maximum Gasteiger partial charge on any atom is 0.230 e. The summed E-state index contributed by atoms with van der Waals surface area (Å²) in [6.07, 6.45) is 6.42. The van der Waals surface area contributed by atoms with Crippen LogP contribution in [0.15, 0.2) is 11.2 Å². The lowest BCUT2D eigenvalue weighted by Gasteiger charge is -2.21. The summed E-state index contributed by atoms with van der Waals surface area (Å²) in [5, 5.41) is 3.57. The molecule has 20 heavy (non-hydrogen) atoms. The van der Waals surface area contributed by atoms with E-state index >= 15 is 0 Å². The van der Waals surface area contributed by atoms with Gasteiger partial charge in [-0.15, -0.1) is 0 Å². The van der Waals surface area contributed by atoms with Crippen LogP contribution in [0.2, 0.25) is 0 Å². The van der Waals surface area contributed by atoms with Crippen molar-refractivity contribution in [3.8, 4) is 0 Å². The molecule has 1 amide bonds. The van der Waals surface area contributed by atoms with Crippen molar-refractivity contribution in [3.05, 3.63) is 11.8 Å². The fourth-order valence-electron chi connectivity index (χ4n) is 2.46. The summed E-state index contributed by atoms with van der Waals surface area (Å²) in [4.78, 5) is 20.2. The third-order valence-corrected chi connectivity index (χ3v) is 4.35. The van der Waals surface area contributed by atoms with Crippen LogP contribution in [0.3, 0.4) is 0 Å². The van der Waals surface area contributed by atoms with Gasteiger partial charge >= 0.3 is 0 Å². The van der Waals surface area contributed by atoms with Crippen LogP contribution in [0.5, 0.6) is 0 Å². The summed E-state index contributed by atoms with van der Waals surface area (Å²) < 4.78 is 0. The molecule has 0 aromatic carbocycles. The Hall–Kier alpha value is -1.30. The molecule has 0 radical (unpaired) electrons. The summed E-state index contributed by atoms with van der Waals surface area (Å²) >= 11 is 1.33. The molecule has 1 aliphatic carbocycles. The molecule has 110 valence electrons. The molecule has 0 aliphatic heterocycles. The fraction of sp³-hybridized carbons (Fsp3) is 0.643. The zero-order chi connectivity index (χ0) is 14.4. The van der Waals surface area contributed by atoms with Crippen molar-refractivity contribution in [2.75, 3.05) is 18.0 Å². The quantitative estimate of drug-likeness (QED) is 0.642. The van der Waals surface area contributed by atoms with Crippen LogP contribution in [0.1, 0.15) is 37.8 Å². The number of nitrogens with one attached hydrogen (secondary N) is 1. The molecule has 1 fully saturated rings. The van der Waals surface area contributed by atoms with E-state index in [4.69, 9.17) is 5.73 Å². The second kappa shape index (κ2) is 7.47. The second-order valence-corrected chi connectivity index (χ2v) is 6.26. The number of aryl methyl sites for hydroxylation is 1. The Labute approximate surface area is 124 Å². The monoisotopic (exact) mass is 294 g/mol. The van der Waals surface area contributed by atoms with Crippen LogP contribution in [0.25, 0.3) is 0 Å². The first-order chi connectivity index (χ1) is 9.63. The van der Waals surface area contributed by atoms with Gasteiger partial charge < -0.3 is 11.1 Å². The van der Waals surface area contributed by atoms with Crippen molar-refractivity contribution in [1.29, 1.82) is 0 Å². The Morgan fingerprint density at radius 3 is 2.85 bits per heavy atom. The standard InChI is InChI=1S/C14H22N4OS/c1-10-7-12(15)18-14(17-10)20-9-13(19)16-8-11-5-3-2-4-6-11/h7,11H,2-6,8-9H2,1H3,(H,16,19)(H2,15,17,18). The number of rotatable bonds is 5. The average Bonchev–Trinajstić information content (AvgIpc) is 2.43. The number of carbonyl (C=O) groups is 1. The van der Waals surface area contributed by atoms with Gasteiger partial charge in [-0.1, -0.05) is 31.0 Å². The SMILES string of the molecule is Cc1cc(N)nc(SCC(=O)NCC2CCCCC2)n1. The average molecular weight is 294 g/mol. The van der Waals surface area contributed by atoms with Crippen molar-refractivity contribution >= 4 is 23.5 Å². The molecule has 0 unspecified atom stereocenters. The van der Waals surface area contributed by atoms with Crippen molar-refractivity contribution in [2.24, 2.45) is 5.92 Å². The fourth-order valence-corrected chi connectivity index (χ4v) is 3.20. The van der Waals surface area contributed by atoms with Gasteiger partial charge in [-0.2, -0.15) is 0 Å². The Bertz CT molecular complexity index is 440. The van der Waals surface area contributed by atoms with Crippen molar-refractivity contribution in [2.45, 2.75) is 44.2 Å². The van der Waals surface area contributed by atoms with Crippen molar-refractivity contribution in [1.82, 2.24) is 15.3 Å². The van der Waals surface area contributed by atoms with Crippen LogP contribution in [0.4, 0.5) is 5.82 Å². The number of nitrogens with zero attached hydrogens (tertiary/aromatic N) is 2. The highest BCUT2D eigenvalue weighted by Crippen LogP contribution is 2.22. The van der Waals surface area contributed by atoms with Crippen molar-refractivity contribution in [3.63, 3.8) is 0 Å². The first-order valence-electron chi connectivity index (χ1n) is 7.14. The number of hydrogen-bond acceptors (Lipinski definition) is 5. The Balaban J connectivity index is 1.71. The van der Waals surface area contributed by atoms with Crippen LogP contribution in [-0.2, 0) is 4.79 Å². The number of nitrogen functional groups attached to an aromatic ring is 1. The molecule has 1 aromatic rings. The molecule has 3 N–H and O–H groups in total. The predicted molar refractivity (Wildman–Crippen MR) is 81.5 cm³/mol. The molecule has 0 atom stereocenters. The van der Waals surface area contributed by atoms with Gasteiger partial charge in [0.1, 0.15) is 5.82 Å². The van der Waals surface area contributed by atoms with E-state index in [1.165, 1.54) is 43.9 Å². The maximum absolute atomic E-state index is 11.8. The Morgan fingerprint density at radius 2 is 2.15 bits per heavy atom. The van der Waals surface area contributed by atoms with E-state index in [0.29, 0.717) is 22.6 Å². The van der Waals surface area contributed by atoms with E-state index in [9.17, 15) is 4.79 Å². The van der Waals surface area contributed by atoms with E-state index in [1.807, 2.05) is 6.92 Å². The van der Waals surface area contributed by atoms with Gasteiger partial charge in [0.05, 0.1) is 5.75 Å². The molecular weight excluding hydrogens is 272 g/mol. The lowest BCUT2D eigenvalue weighted by atomic mass is 9.89. The first-order valence-corrected chi connectivity index (χ1v) is 8.12. The minimum atomic E-state index is 0.0456. The Morgan fingerprint density at radius 1 is 1.40 bits per heavy atom. The molecule has 1 saturated carbocycles. The molecule has 1 aliphatic rings. The molecule has 1 aromatic heterocycles. The van der Waals surface area contributed by atoms with E-state index < -0.39 is 0 Å². The number of carbonyl (C=O) groups excluding carboxylic acids is 1. The molecule has 0 saturated heterocycles. The van der Waals surface area contributed by atoms with Crippen LogP contribution in [-0.4, -0.2) is 28.2 Å². The van der Waals surface area contributed by atoms with Crippen LogP contribution < -0.4 is 11.1 Å². The highest BCUT2D eigenvalue weighted by atomic mass is 32.2. The molecule has 5 nitrogen and oxygen atoms in total. The van der Waals surface area contributed by atoms with Gasteiger partial charge in [0.2, 0.25) is 5.91 Å². The highest BCUT2D eigenvalue weighted by Gasteiger charge is 2.14. The molecule has 2 rings (SSSR count). The third-order valence-electron chi connectivity index (χ3n) is 3.50. The maximum atomic E-state index is 11.8. The second-order valence-electron chi connectivity index (χ2n) is 5.31. The molecule has 6 heteroatoms. The smallest absolute Gasteiger partial charge is 0.230 e. The zero-order valence-electron chi connectivity index (χ0n) is 11.9. The van der Waals surface area contributed by atoms with Crippen LogP contribution in [0, 0.1) is 12.8 Å². The van der Waals surface area contributed by atoms with Gasteiger partial charge in [0, 0.05) is 18.3 Å².